The normalized spacial score (nSPS) is 14.9. The van der Waals surface area contributed by atoms with Crippen molar-refractivity contribution in [2.45, 2.75) is 26.3 Å². The van der Waals surface area contributed by atoms with E-state index in [4.69, 9.17) is 22.1 Å². The Kier molecular flexibility index (Phi) is 5.79. The Labute approximate surface area is 181 Å². The molecule has 0 unspecified atom stereocenters. The summed E-state index contributed by atoms with van der Waals surface area (Å²) in [7, 11) is 0. The van der Waals surface area contributed by atoms with Gasteiger partial charge in [0, 0.05) is 16.7 Å². The number of nitrogen functional groups attached to an aromatic ring is 1. The highest BCUT2D eigenvalue weighted by Gasteiger charge is 2.36. The maximum absolute atomic E-state index is 9.95. The van der Waals surface area contributed by atoms with Gasteiger partial charge in [-0.2, -0.15) is 0 Å². The number of quaternary nitrogens is 1. The predicted octanol–water partition coefficient (Wildman–Crippen LogP) is 2.52. The van der Waals surface area contributed by atoms with Crippen LogP contribution in [0.2, 0.25) is 5.02 Å². The van der Waals surface area contributed by atoms with E-state index in [-0.39, 0.29) is 11.7 Å². The summed E-state index contributed by atoms with van der Waals surface area (Å²) in [6, 6.07) is 12.9. The lowest BCUT2D eigenvalue weighted by atomic mass is 9.83. The maximum Gasteiger partial charge on any atom is 0.306 e. The fraction of sp³-hybridized carbons (Fsp3) is 0.304. The first-order chi connectivity index (χ1) is 14.5. The predicted molar refractivity (Wildman–Crippen MR) is 116 cm³/mol. The summed E-state index contributed by atoms with van der Waals surface area (Å²) in [4.78, 5) is 6.08. The number of benzene rings is 2. The number of nitrogens with two attached hydrogens (primary N) is 1. The molecule has 0 radical (unpaired) electrons. The van der Waals surface area contributed by atoms with E-state index in [1.807, 2.05) is 34.9 Å². The summed E-state index contributed by atoms with van der Waals surface area (Å²) >= 11 is 6.13. The van der Waals surface area contributed by atoms with Crippen molar-refractivity contribution in [3.8, 4) is 17.4 Å². The van der Waals surface area contributed by atoms with Gasteiger partial charge in [-0.3, -0.25) is 0 Å². The Morgan fingerprint density at radius 3 is 2.60 bits per heavy atom. The van der Waals surface area contributed by atoms with Crippen LogP contribution in [0, 0.1) is 0 Å². The minimum atomic E-state index is -0.164. The van der Waals surface area contributed by atoms with Crippen molar-refractivity contribution < 1.29 is 19.3 Å². The van der Waals surface area contributed by atoms with Gasteiger partial charge in [0.2, 0.25) is 12.1 Å². The molecule has 1 atom stereocenters. The van der Waals surface area contributed by atoms with Crippen molar-refractivity contribution in [1.29, 1.82) is 0 Å². The number of aromatic hydroxyl groups is 1. The molecule has 0 spiro atoms. The van der Waals surface area contributed by atoms with Crippen LogP contribution in [0.25, 0.3) is 0 Å². The van der Waals surface area contributed by atoms with Crippen LogP contribution >= 0.6 is 11.6 Å². The fourth-order valence-corrected chi connectivity index (χ4v) is 4.17. The van der Waals surface area contributed by atoms with Crippen LogP contribution in [-0.4, -0.2) is 29.7 Å². The minimum Gasteiger partial charge on any atom is -0.508 e. The molecule has 156 valence electrons. The van der Waals surface area contributed by atoms with Gasteiger partial charge in [0.05, 0.1) is 19.0 Å². The van der Waals surface area contributed by atoms with E-state index in [9.17, 15) is 5.11 Å². The summed E-state index contributed by atoms with van der Waals surface area (Å²) in [6.07, 6.45) is 1.74. The summed E-state index contributed by atoms with van der Waals surface area (Å²) in [5.74, 6) is 1.68. The lowest BCUT2D eigenvalue weighted by Gasteiger charge is -2.27. The average molecular weight is 427 g/mol. The van der Waals surface area contributed by atoms with E-state index >= 15 is 0 Å². The van der Waals surface area contributed by atoms with Gasteiger partial charge in [-0.1, -0.05) is 34.8 Å². The first-order valence-corrected chi connectivity index (χ1v) is 10.7. The molecule has 0 saturated heterocycles. The molecule has 0 saturated carbocycles. The van der Waals surface area contributed by atoms with Gasteiger partial charge < -0.3 is 20.5 Å². The van der Waals surface area contributed by atoms with Gasteiger partial charge in [0.1, 0.15) is 30.2 Å². The Bertz CT molecular complexity index is 1050. The number of hydrogen-bond acceptors (Lipinski definition) is 4. The van der Waals surface area contributed by atoms with Crippen LogP contribution in [0.15, 0.2) is 48.8 Å². The largest absolute Gasteiger partial charge is 0.508 e. The number of anilines is 1. The second kappa shape index (κ2) is 8.50. The van der Waals surface area contributed by atoms with E-state index in [1.54, 1.807) is 18.5 Å². The first kappa shape index (κ1) is 20.4. The van der Waals surface area contributed by atoms with Crippen molar-refractivity contribution in [1.82, 2.24) is 4.98 Å². The number of nitrogens with zero attached hydrogens (tertiary/aromatic N) is 2. The molecule has 4 rings (SSSR count). The molecule has 2 aromatic carbocycles. The number of ether oxygens (including phenoxy) is 1. The monoisotopic (exact) mass is 426 g/mol. The zero-order valence-electron chi connectivity index (χ0n) is 17.2. The number of phenolic OH excluding ortho intramolecular Hbond substituents is 1. The average Bonchev–Trinajstić information content (AvgIpc) is 2.75. The van der Waals surface area contributed by atoms with E-state index in [2.05, 4.69) is 18.8 Å². The third-order valence-corrected chi connectivity index (χ3v) is 6.10. The quantitative estimate of drug-likeness (QED) is 0.414. The molecule has 1 aliphatic rings. The standard InChI is InChI=1S/C23H25ClN4O2/c1-3-27(4-2)11-12-28-14-26-23-21(22(28)25)20(15-5-7-16(24)8-6-15)18-10-9-17(29)13-19(18)30-23/h5-10,13-14,20,25,29H,3-4,11-12H2,1-2H3/p+2/t20-/m0/s1. The molecule has 0 fully saturated rings. The number of hydrogen-bond donors (Lipinski definition) is 3. The van der Waals surface area contributed by atoms with Crippen LogP contribution < -0.4 is 19.9 Å². The van der Waals surface area contributed by atoms with Crippen LogP contribution in [-0.2, 0) is 6.54 Å². The lowest BCUT2D eigenvalue weighted by molar-refractivity contribution is -0.915. The van der Waals surface area contributed by atoms with Crippen LogP contribution in [0.3, 0.4) is 0 Å². The van der Waals surface area contributed by atoms with Crippen LogP contribution in [0.5, 0.6) is 17.4 Å². The van der Waals surface area contributed by atoms with Crippen LogP contribution in [0.1, 0.15) is 36.5 Å². The SMILES string of the molecule is CC[NH+](CC)CC[n+]1cnc2c(c1N)[C@@H](c1ccc(Cl)cc1)c1ccc(O)cc1O2. The molecule has 0 aliphatic carbocycles. The lowest BCUT2D eigenvalue weighted by Crippen LogP contribution is -3.12. The van der Waals surface area contributed by atoms with Gasteiger partial charge in [0.15, 0.2) is 0 Å². The number of fused-ring (bicyclic) bond motifs is 2. The van der Waals surface area contributed by atoms with E-state index < -0.39 is 0 Å². The van der Waals surface area contributed by atoms with Crippen molar-refractivity contribution in [2.24, 2.45) is 0 Å². The van der Waals surface area contributed by atoms with Crippen molar-refractivity contribution in [2.75, 3.05) is 25.4 Å². The molecule has 1 aromatic heterocycles. The second-order valence-corrected chi connectivity index (χ2v) is 7.99. The second-order valence-electron chi connectivity index (χ2n) is 7.56. The Morgan fingerprint density at radius 1 is 1.17 bits per heavy atom. The maximum atomic E-state index is 9.95. The summed E-state index contributed by atoms with van der Waals surface area (Å²) < 4.78 is 8.04. The zero-order valence-corrected chi connectivity index (χ0v) is 18.0. The third-order valence-electron chi connectivity index (χ3n) is 5.84. The smallest absolute Gasteiger partial charge is 0.306 e. The highest BCUT2D eigenvalue weighted by molar-refractivity contribution is 6.30. The van der Waals surface area contributed by atoms with E-state index in [0.717, 1.165) is 42.9 Å². The van der Waals surface area contributed by atoms with Gasteiger partial charge >= 0.3 is 5.88 Å². The highest BCUT2D eigenvalue weighted by atomic mass is 35.5. The number of likely N-dealkylation sites (N-methyl/N-ethyl adjacent to an activating group) is 1. The zero-order chi connectivity index (χ0) is 21.3. The first-order valence-electron chi connectivity index (χ1n) is 10.3. The number of nitrogens with one attached hydrogen (secondary N) is 1. The van der Waals surface area contributed by atoms with Gasteiger partial charge in [-0.25, -0.2) is 4.57 Å². The van der Waals surface area contributed by atoms with Crippen molar-refractivity contribution in [3.05, 3.63) is 70.5 Å². The topological polar surface area (TPSA) is 76.7 Å². The molecular formula is C23H27ClN4O2+2. The molecule has 1 aliphatic heterocycles. The van der Waals surface area contributed by atoms with Gasteiger partial charge in [-0.15, -0.1) is 0 Å². The molecule has 2 heterocycles. The van der Waals surface area contributed by atoms with Gasteiger partial charge in [0.25, 0.3) is 0 Å². The number of phenols is 1. The number of halogens is 1. The molecule has 7 heteroatoms. The molecule has 0 bridgehead atoms. The molecule has 4 N–H and O–H groups in total. The third kappa shape index (κ3) is 3.80. The molecule has 3 aromatic rings. The van der Waals surface area contributed by atoms with Crippen molar-refractivity contribution in [3.63, 3.8) is 0 Å². The molecule has 30 heavy (non-hydrogen) atoms. The Balaban J connectivity index is 1.81. The summed E-state index contributed by atoms with van der Waals surface area (Å²) in [5, 5.41) is 10.6. The van der Waals surface area contributed by atoms with E-state index in [0.29, 0.717) is 22.5 Å². The number of rotatable bonds is 6. The minimum absolute atomic E-state index is 0.147. The number of aromatic nitrogens is 2. The highest BCUT2D eigenvalue weighted by Crippen LogP contribution is 2.48. The molecular weight excluding hydrogens is 400 g/mol. The fourth-order valence-electron chi connectivity index (χ4n) is 4.04. The molecule has 0 amide bonds. The van der Waals surface area contributed by atoms with Gasteiger partial charge in [-0.05, 0) is 37.6 Å². The summed E-state index contributed by atoms with van der Waals surface area (Å²) in [5.41, 5.74) is 9.49. The summed E-state index contributed by atoms with van der Waals surface area (Å²) in [6.45, 7) is 8.27. The Hall–Kier alpha value is -2.83. The van der Waals surface area contributed by atoms with E-state index in [1.165, 1.54) is 4.90 Å². The molecule has 6 nitrogen and oxygen atoms in total. The Morgan fingerprint density at radius 2 is 1.90 bits per heavy atom. The van der Waals surface area contributed by atoms with Crippen molar-refractivity contribution >= 4 is 17.4 Å². The van der Waals surface area contributed by atoms with Crippen LogP contribution in [0.4, 0.5) is 5.82 Å².